The number of rotatable bonds is 6. The number of aliphatic hydroxyl groups excluding tert-OH is 1. The first kappa shape index (κ1) is 12.5. The molecule has 2 N–H and O–H groups in total. The van der Waals surface area contributed by atoms with Crippen molar-refractivity contribution in [2.24, 2.45) is 5.92 Å². The summed E-state index contributed by atoms with van der Waals surface area (Å²) >= 11 is 0. The van der Waals surface area contributed by atoms with Gasteiger partial charge in [-0.1, -0.05) is 18.2 Å². The Kier molecular flexibility index (Phi) is 4.07. The molecule has 1 aliphatic carbocycles. The zero-order valence-corrected chi connectivity index (χ0v) is 9.57. The molecule has 0 amide bonds. The Bertz CT molecular complexity index is 366. The molecule has 1 fully saturated rings. The second-order valence-corrected chi connectivity index (χ2v) is 4.56. The number of hydrogen-bond donors (Lipinski definition) is 2. The van der Waals surface area contributed by atoms with E-state index in [0.717, 1.165) is 12.1 Å². The summed E-state index contributed by atoms with van der Waals surface area (Å²) in [5.74, 6) is 0.697. The molecule has 1 saturated carbocycles. The number of benzene rings is 1. The Labute approximate surface area is 99.7 Å². The van der Waals surface area contributed by atoms with Crippen LogP contribution in [-0.2, 0) is 0 Å². The summed E-state index contributed by atoms with van der Waals surface area (Å²) in [5.41, 5.74) is 0.736. The Morgan fingerprint density at radius 2 is 2.00 bits per heavy atom. The quantitative estimate of drug-likeness (QED) is 0.802. The third-order valence-corrected chi connectivity index (χ3v) is 3.10. The lowest BCUT2D eigenvalue weighted by Crippen LogP contribution is -2.26. The highest BCUT2D eigenvalue weighted by atomic mass is 19.3. The van der Waals surface area contributed by atoms with Crippen LogP contribution in [0.1, 0.15) is 36.4 Å². The lowest BCUT2D eigenvalue weighted by molar-refractivity contribution is 0.151. The zero-order chi connectivity index (χ0) is 12.3. The van der Waals surface area contributed by atoms with Gasteiger partial charge in [0.25, 0.3) is 6.43 Å². The minimum atomic E-state index is -2.46. The maximum Gasteiger partial charge on any atom is 0.263 e. The Morgan fingerprint density at radius 3 is 2.59 bits per heavy atom. The van der Waals surface area contributed by atoms with Gasteiger partial charge in [0.1, 0.15) is 0 Å². The van der Waals surface area contributed by atoms with Crippen LogP contribution in [0.15, 0.2) is 24.3 Å². The molecule has 0 aliphatic heterocycles. The third-order valence-electron chi connectivity index (χ3n) is 3.10. The van der Waals surface area contributed by atoms with Gasteiger partial charge in [-0.3, -0.25) is 0 Å². The molecule has 0 aromatic heterocycles. The first-order chi connectivity index (χ1) is 8.20. The van der Waals surface area contributed by atoms with E-state index in [-0.39, 0.29) is 18.2 Å². The molecular formula is C13H17F2NO. The standard InChI is InChI=1S/C13H17F2NO/c14-13(15)11-3-1-2-10(6-11)12(8-17)16-7-9-4-5-9/h1-3,6,9,12-13,16-17H,4-5,7-8H2. The second-order valence-electron chi connectivity index (χ2n) is 4.56. The van der Waals surface area contributed by atoms with Crippen LogP contribution in [0, 0.1) is 5.92 Å². The molecule has 1 aliphatic rings. The molecule has 0 bridgehead atoms. The number of halogens is 2. The van der Waals surface area contributed by atoms with E-state index in [4.69, 9.17) is 0 Å². The largest absolute Gasteiger partial charge is 0.394 e. The van der Waals surface area contributed by atoms with E-state index in [9.17, 15) is 13.9 Å². The van der Waals surface area contributed by atoms with Crippen molar-refractivity contribution in [3.63, 3.8) is 0 Å². The summed E-state index contributed by atoms with van der Waals surface area (Å²) in [6.07, 6.45) is -0.0116. The third kappa shape index (κ3) is 3.48. The van der Waals surface area contributed by atoms with Crippen LogP contribution < -0.4 is 5.32 Å². The number of nitrogens with one attached hydrogen (secondary N) is 1. The molecular weight excluding hydrogens is 224 g/mol. The van der Waals surface area contributed by atoms with Gasteiger partial charge < -0.3 is 10.4 Å². The van der Waals surface area contributed by atoms with Gasteiger partial charge >= 0.3 is 0 Å². The van der Waals surface area contributed by atoms with E-state index in [1.807, 2.05) is 0 Å². The van der Waals surface area contributed by atoms with Gasteiger partial charge in [0, 0.05) is 5.56 Å². The molecule has 94 valence electrons. The molecule has 2 nitrogen and oxygen atoms in total. The summed E-state index contributed by atoms with van der Waals surface area (Å²) in [6.45, 7) is 0.781. The SMILES string of the molecule is OCC(NCC1CC1)c1cccc(C(F)F)c1. The van der Waals surface area contributed by atoms with Gasteiger partial charge in [0.05, 0.1) is 12.6 Å². The second kappa shape index (κ2) is 5.56. The van der Waals surface area contributed by atoms with Crippen molar-refractivity contribution < 1.29 is 13.9 Å². The molecule has 0 saturated heterocycles. The molecule has 1 unspecified atom stereocenters. The molecule has 2 rings (SSSR count). The monoisotopic (exact) mass is 241 g/mol. The van der Waals surface area contributed by atoms with E-state index in [0.29, 0.717) is 5.92 Å². The predicted octanol–water partition coefficient (Wildman–Crippen LogP) is 2.66. The highest BCUT2D eigenvalue weighted by Gasteiger charge is 2.22. The molecule has 0 spiro atoms. The van der Waals surface area contributed by atoms with Gasteiger partial charge in [-0.2, -0.15) is 0 Å². The minimum absolute atomic E-state index is 0.00849. The van der Waals surface area contributed by atoms with Crippen LogP contribution >= 0.6 is 0 Å². The lowest BCUT2D eigenvalue weighted by atomic mass is 10.0. The van der Waals surface area contributed by atoms with Crippen molar-refractivity contribution in [1.29, 1.82) is 0 Å². The average molecular weight is 241 g/mol. The Balaban J connectivity index is 2.03. The zero-order valence-electron chi connectivity index (χ0n) is 9.57. The summed E-state index contributed by atoms with van der Waals surface area (Å²) in [7, 11) is 0. The van der Waals surface area contributed by atoms with Crippen LogP contribution in [0.4, 0.5) is 8.78 Å². The van der Waals surface area contributed by atoms with E-state index < -0.39 is 6.43 Å². The van der Waals surface area contributed by atoms with Gasteiger partial charge in [-0.15, -0.1) is 0 Å². The molecule has 1 atom stereocenters. The van der Waals surface area contributed by atoms with Crippen molar-refractivity contribution in [2.45, 2.75) is 25.3 Å². The summed E-state index contributed by atoms with van der Waals surface area (Å²) in [4.78, 5) is 0. The Morgan fingerprint density at radius 1 is 1.29 bits per heavy atom. The van der Waals surface area contributed by atoms with Crippen molar-refractivity contribution in [2.75, 3.05) is 13.2 Å². The summed E-state index contributed by atoms with van der Waals surface area (Å²) in [5, 5.41) is 12.5. The van der Waals surface area contributed by atoms with Crippen LogP contribution in [0.25, 0.3) is 0 Å². The van der Waals surface area contributed by atoms with Gasteiger partial charge in [0.2, 0.25) is 0 Å². The van der Waals surface area contributed by atoms with Crippen LogP contribution in [0.5, 0.6) is 0 Å². The van der Waals surface area contributed by atoms with E-state index >= 15 is 0 Å². The van der Waals surface area contributed by atoms with Crippen molar-refractivity contribution in [3.8, 4) is 0 Å². The van der Waals surface area contributed by atoms with E-state index in [2.05, 4.69) is 5.32 Å². The van der Waals surface area contributed by atoms with E-state index in [1.54, 1.807) is 12.1 Å². The number of alkyl halides is 2. The topological polar surface area (TPSA) is 32.3 Å². The van der Waals surface area contributed by atoms with Crippen molar-refractivity contribution in [3.05, 3.63) is 35.4 Å². The first-order valence-corrected chi connectivity index (χ1v) is 5.93. The van der Waals surface area contributed by atoms with Crippen LogP contribution in [0.2, 0.25) is 0 Å². The molecule has 17 heavy (non-hydrogen) atoms. The van der Waals surface area contributed by atoms with Gasteiger partial charge in [-0.05, 0) is 36.9 Å². The summed E-state index contributed by atoms with van der Waals surface area (Å²) < 4.78 is 25.1. The maximum atomic E-state index is 12.6. The van der Waals surface area contributed by atoms with Gasteiger partial charge in [-0.25, -0.2) is 8.78 Å². The Hall–Kier alpha value is -1.00. The van der Waals surface area contributed by atoms with Crippen LogP contribution in [-0.4, -0.2) is 18.3 Å². The molecule has 1 aromatic rings. The molecule has 0 radical (unpaired) electrons. The van der Waals surface area contributed by atoms with Gasteiger partial charge in [0.15, 0.2) is 0 Å². The van der Waals surface area contributed by atoms with Crippen LogP contribution in [0.3, 0.4) is 0 Å². The predicted molar refractivity (Wildman–Crippen MR) is 62.0 cm³/mol. The fourth-order valence-corrected chi connectivity index (χ4v) is 1.83. The molecule has 1 aromatic carbocycles. The fraction of sp³-hybridized carbons (Fsp3) is 0.538. The number of aliphatic hydroxyl groups is 1. The minimum Gasteiger partial charge on any atom is -0.394 e. The summed E-state index contributed by atoms with van der Waals surface area (Å²) in [6, 6.07) is 6.01. The van der Waals surface area contributed by atoms with Crippen molar-refractivity contribution >= 4 is 0 Å². The average Bonchev–Trinajstić information content (AvgIpc) is 3.14. The molecule has 0 heterocycles. The van der Waals surface area contributed by atoms with E-state index in [1.165, 1.54) is 25.0 Å². The highest BCUT2D eigenvalue weighted by Crippen LogP contribution is 2.29. The molecule has 4 heteroatoms. The smallest absolute Gasteiger partial charge is 0.263 e. The highest BCUT2D eigenvalue weighted by molar-refractivity contribution is 5.27. The normalized spacial score (nSPS) is 17.4. The lowest BCUT2D eigenvalue weighted by Gasteiger charge is -2.17. The maximum absolute atomic E-state index is 12.6. The fourth-order valence-electron chi connectivity index (χ4n) is 1.83. The first-order valence-electron chi connectivity index (χ1n) is 5.93. The number of hydrogen-bond acceptors (Lipinski definition) is 2. The van der Waals surface area contributed by atoms with Crippen molar-refractivity contribution in [1.82, 2.24) is 5.32 Å².